The Labute approximate surface area is 138 Å². The van der Waals surface area contributed by atoms with Gasteiger partial charge in [-0.05, 0) is 30.9 Å². The highest BCUT2D eigenvalue weighted by Gasteiger charge is 2.23. The summed E-state index contributed by atoms with van der Waals surface area (Å²) in [6.07, 6.45) is 6.99. The fourth-order valence-corrected chi connectivity index (χ4v) is 3.54. The average molecular weight is 314 g/mol. The summed E-state index contributed by atoms with van der Waals surface area (Å²) in [7, 11) is 1.77. The molecule has 5 nitrogen and oxygen atoms in total. The number of hydrogen-bond donors (Lipinski definition) is 2. The molecule has 1 aliphatic carbocycles. The molecule has 1 aromatic carbocycles. The standard InChI is InChI=1S/C18H26N4O/c1-19-18(22-12-11-14-7-5-6-10-16(14)22)20-13-17(23)21-15-8-3-2-4-9-15/h5-7,10,15H,2-4,8-9,11-13H2,1H3,(H,19,20)(H,21,23). The van der Waals surface area contributed by atoms with Crippen LogP contribution in [0.5, 0.6) is 0 Å². The number of nitrogens with one attached hydrogen (secondary N) is 2. The van der Waals surface area contributed by atoms with Gasteiger partial charge in [0.2, 0.25) is 5.91 Å². The number of hydrogen-bond acceptors (Lipinski definition) is 2. The summed E-state index contributed by atoms with van der Waals surface area (Å²) in [6, 6.07) is 8.72. The molecular weight excluding hydrogens is 288 g/mol. The summed E-state index contributed by atoms with van der Waals surface area (Å²) < 4.78 is 0. The number of rotatable bonds is 3. The van der Waals surface area contributed by atoms with Gasteiger partial charge in [0.1, 0.15) is 0 Å². The second-order valence-electron chi connectivity index (χ2n) is 6.33. The zero-order valence-corrected chi connectivity index (χ0v) is 13.8. The minimum atomic E-state index is 0.0607. The number of benzene rings is 1. The lowest BCUT2D eigenvalue weighted by molar-refractivity contribution is -0.120. The van der Waals surface area contributed by atoms with Gasteiger partial charge in [-0.2, -0.15) is 0 Å². The lowest BCUT2D eigenvalue weighted by Crippen LogP contribution is -2.47. The van der Waals surface area contributed by atoms with E-state index in [0.29, 0.717) is 6.04 Å². The van der Waals surface area contributed by atoms with E-state index in [1.165, 1.54) is 30.5 Å². The van der Waals surface area contributed by atoms with Crippen LogP contribution >= 0.6 is 0 Å². The number of fused-ring (bicyclic) bond motifs is 1. The SMILES string of the molecule is CN=C(NCC(=O)NC1CCCCC1)N1CCc2ccccc21. The zero-order chi connectivity index (χ0) is 16.1. The number of para-hydroxylation sites is 1. The van der Waals surface area contributed by atoms with E-state index in [-0.39, 0.29) is 12.5 Å². The maximum atomic E-state index is 12.1. The monoisotopic (exact) mass is 314 g/mol. The van der Waals surface area contributed by atoms with E-state index in [9.17, 15) is 4.79 Å². The van der Waals surface area contributed by atoms with Crippen LogP contribution in [0.15, 0.2) is 29.3 Å². The Balaban J connectivity index is 1.53. The molecule has 1 aromatic rings. The van der Waals surface area contributed by atoms with Gasteiger partial charge in [-0.15, -0.1) is 0 Å². The average Bonchev–Trinajstić information content (AvgIpc) is 3.01. The normalized spacial score (nSPS) is 18.7. The van der Waals surface area contributed by atoms with Crippen molar-refractivity contribution in [1.82, 2.24) is 10.6 Å². The van der Waals surface area contributed by atoms with Crippen molar-refractivity contribution < 1.29 is 4.79 Å². The summed E-state index contributed by atoms with van der Waals surface area (Å²) >= 11 is 0. The highest BCUT2D eigenvalue weighted by Crippen LogP contribution is 2.27. The van der Waals surface area contributed by atoms with Crippen molar-refractivity contribution in [3.05, 3.63) is 29.8 Å². The molecule has 2 N–H and O–H groups in total. The molecule has 0 unspecified atom stereocenters. The van der Waals surface area contributed by atoms with Crippen LogP contribution in [0, 0.1) is 0 Å². The maximum Gasteiger partial charge on any atom is 0.239 e. The van der Waals surface area contributed by atoms with Crippen molar-refractivity contribution >= 4 is 17.6 Å². The first-order valence-electron chi connectivity index (χ1n) is 8.63. The van der Waals surface area contributed by atoms with Gasteiger partial charge in [-0.3, -0.25) is 9.79 Å². The number of amides is 1. The van der Waals surface area contributed by atoms with E-state index >= 15 is 0 Å². The number of anilines is 1. The topological polar surface area (TPSA) is 56.7 Å². The van der Waals surface area contributed by atoms with Crippen molar-refractivity contribution in [3.63, 3.8) is 0 Å². The second-order valence-corrected chi connectivity index (χ2v) is 6.33. The Morgan fingerprint density at radius 2 is 2.04 bits per heavy atom. The van der Waals surface area contributed by atoms with E-state index in [2.05, 4.69) is 38.7 Å². The van der Waals surface area contributed by atoms with Gasteiger partial charge in [0.25, 0.3) is 0 Å². The van der Waals surface area contributed by atoms with Crippen LogP contribution in [-0.4, -0.2) is 38.0 Å². The minimum Gasteiger partial charge on any atom is -0.352 e. The maximum absolute atomic E-state index is 12.1. The van der Waals surface area contributed by atoms with Crippen LogP contribution in [0.1, 0.15) is 37.7 Å². The molecule has 3 rings (SSSR count). The molecule has 1 aliphatic heterocycles. The van der Waals surface area contributed by atoms with E-state index in [1.54, 1.807) is 7.05 Å². The molecule has 2 aliphatic rings. The fourth-order valence-electron chi connectivity index (χ4n) is 3.54. The highest BCUT2D eigenvalue weighted by atomic mass is 16.2. The smallest absolute Gasteiger partial charge is 0.239 e. The third-order valence-corrected chi connectivity index (χ3v) is 4.73. The van der Waals surface area contributed by atoms with Crippen molar-refractivity contribution in [2.45, 2.75) is 44.6 Å². The molecule has 1 fully saturated rings. The second kappa shape index (κ2) is 7.49. The third kappa shape index (κ3) is 3.84. The van der Waals surface area contributed by atoms with E-state index in [1.807, 2.05) is 6.07 Å². The number of carbonyl (C=O) groups is 1. The fraction of sp³-hybridized carbons (Fsp3) is 0.556. The van der Waals surface area contributed by atoms with Gasteiger partial charge >= 0.3 is 0 Å². The molecule has 0 bridgehead atoms. The molecule has 1 amide bonds. The summed E-state index contributed by atoms with van der Waals surface area (Å²) in [4.78, 5) is 18.6. The summed E-state index contributed by atoms with van der Waals surface area (Å²) in [5.41, 5.74) is 2.52. The van der Waals surface area contributed by atoms with E-state index in [4.69, 9.17) is 0 Å². The van der Waals surface area contributed by atoms with Crippen LogP contribution in [0.3, 0.4) is 0 Å². The van der Waals surface area contributed by atoms with Crippen molar-refractivity contribution in [2.75, 3.05) is 25.0 Å². The predicted molar refractivity (Wildman–Crippen MR) is 93.9 cm³/mol. The summed E-state index contributed by atoms with van der Waals surface area (Å²) in [6.45, 7) is 1.19. The molecule has 0 saturated heterocycles. The molecule has 1 heterocycles. The van der Waals surface area contributed by atoms with Gasteiger partial charge in [0.05, 0.1) is 6.54 Å². The molecule has 0 spiro atoms. The molecule has 5 heteroatoms. The number of nitrogens with zero attached hydrogens (tertiary/aromatic N) is 2. The molecule has 0 atom stereocenters. The van der Waals surface area contributed by atoms with Gasteiger partial charge in [-0.25, -0.2) is 0 Å². The van der Waals surface area contributed by atoms with Crippen molar-refractivity contribution in [3.8, 4) is 0 Å². The molecule has 1 saturated carbocycles. The molecular formula is C18H26N4O. The first-order valence-corrected chi connectivity index (χ1v) is 8.63. The van der Waals surface area contributed by atoms with Crippen LogP contribution in [0.25, 0.3) is 0 Å². The highest BCUT2D eigenvalue weighted by molar-refractivity contribution is 5.99. The van der Waals surface area contributed by atoms with Gasteiger partial charge in [-0.1, -0.05) is 37.5 Å². The number of aliphatic imine (C=N–C) groups is 1. The Morgan fingerprint density at radius 3 is 2.83 bits per heavy atom. The predicted octanol–water partition coefficient (Wildman–Crippen LogP) is 2.07. The van der Waals surface area contributed by atoms with Gasteiger partial charge < -0.3 is 15.5 Å². The Kier molecular flexibility index (Phi) is 5.16. The zero-order valence-electron chi connectivity index (χ0n) is 13.8. The Bertz CT molecular complexity index is 578. The number of guanidine groups is 1. The minimum absolute atomic E-state index is 0.0607. The van der Waals surface area contributed by atoms with Crippen LogP contribution in [0.2, 0.25) is 0 Å². The van der Waals surface area contributed by atoms with Crippen molar-refractivity contribution in [1.29, 1.82) is 0 Å². The number of carbonyl (C=O) groups excluding carboxylic acids is 1. The van der Waals surface area contributed by atoms with E-state index < -0.39 is 0 Å². The lowest BCUT2D eigenvalue weighted by Gasteiger charge is -2.24. The Hall–Kier alpha value is -2.04. The molecule has 0 aromatic heterocycles. The van der Waals surface area contributed by atoms with Crippen molar-refractivity contribution in [2.24, 2.45) is 4.99 Å². The molecule has 23 heavy (non-hydrogen) atoms. The first kappa shape index (κ1) is 15.8. The summed E-state index contributed by atoms with van der Waals surface area (Å²) in [5.74, 6) is 0.833. The van der Waals surface area contributed by atoms with E-state index in [0.717, 1.165) is 31.8 Å². The lowest BCUT2D eigenvalue weighted by atomic mass is 9.95. The van der Waals surface area contributed by atoms with Gasteiger partial charge in [0.15, 0.2) is 5.96 Å². The third-order valence-electron chi connectivity index (χ3n) is 4.73. The van der Waals surface area contributed by atoms with Gasteiger partial charge in [0, 0.05) is 25.3 Å². The van der Waals surface area contributed by atoms with Crippen LogP contribution < -0.4 is 15.5 Å². The Morgan fingerprint density at radius 1 is 1.26 bits per heavy atom. The molecule has 0 radical (unpaired) electrons. The summed E-state index contributed by atoms with van der Waals surface area (Å²) in [5, 5.41) is 6.34. The largest absolute Gasteiger partial charge is 0.352 e. The molecule has 124 valence electrons. The first-order chi connectivity index (χ1) is 11.3. The van der Waals surface area contributed by atoms with Crippen LogP contribution in [-0.2, 0) is 11.2 Å². The van der Waals surface area contributed by atoms with Crippen LogP contribution in [0.4, 0.5) is 5.69 Å². The quantitative estimate of drug-likeness (QED) is 0.663.